The number of benzene rings is 3. The largest absolute Gasteiger partial charge is 0.242 e. The van der Waals surface area contributed by atoms with Gasteiger partial charge in [0.1, 0.15) is 0 Å². The summed E-state index contributed by atoms with van der Waals surface area (Å²) in [5.74, 6) is 0. The maximum Gasteiger partial charge on any atom is 0.242 e. The van der Waals surface area contributed by atoms with Gasteiger partial charge in [-0.15, -0.1) is 0 Å². The van der Waals surface area contributed by atoms with E-state index in [9.17, 15) is 8.42 Å². The van der Waals surface area contributed by atoms with Crippen molar-refractivity contribution >= 4 is 41.9 Å². The fourth-order valence-corrected chi connectivity index (χ4v) is 5.42. The molecule has 3 nitrogen and oxygen atoms in total. The van der Waals surface area contributed by atoms with Gasteiger partial charge in [-0.2, -0.15) is 0 Å². The fourth-order valence-electron chi connectivity index (χ4n) is 2.70. The third-order valence-electron chi connectivity index (χ3n) is 3.96. The Kier molecular flexibility index (Phi) is 6.29. The Balaban J connectivity index is 1.96. The third kappa shape index (κ3) is 4.82. The summed E-state index contributed by atoms with van der Waals surface area (Å²) in [5.41, 5.74) is 1.99. The minimum Gasteiger partial charge on any atom is -0.207 e. The van der Waals surface area contributed by atoms with Crippen molar-refractivity contribution in [3.63, 3.8) is 0 Å². The molecule has 0 saturated heterocycles. The Morgan fingerprint density at radius 3 is 2.12 bits per heavy atom. The first-order chi connectivity index (χ1) is 12.5. The van der Waals surface area contributed by atoms with Crippen molar-refractivity contribution in [3.8, 4) is 0 Å². The van der Waals surface area contributed by atoms with E-state index >= 15 is 0 Å². The summed E-state index contributed by atoms with van der Waals surface area (Å²) in [7, 11) is -3.71. The average molecular weight is 495 g/mol. The number of hydrogen-bond acceptors (Lipinski definition) is 2. The maximum atomic E-state index is 13.0. The second-order valence-corrected chi connectivity index (χ2v) is 9.30. The average Bonchev–Trinajstić information content (AvgIpc) is 2.64. The van der Waals surface area contributed by atoms with Crippen LogP contribution in [0.2, 0.25) is 0 Å². The van der Waals surface area contributed by atoms with Gasteiger partial charge in [-0.05, 0) is 51.7 Å². The Labute approximate surface area is 170 Å². The van der Waals surface area contributed by atoms with Crippen LogP contribution in [0.25, 0.3) is 0 Å². The molecule has 3 aromatic rings. The minimum atomic E-state index is -3.71. The quantitative estimate of drug-likeness (QED) is 0.493. The van der Waals surface area contributed by atoms with E-state index in [0.29, 0.717) is 15.4 Å². The van der Waals surface area contributed by atoms with Crippen LogP contribution in [0.1, 0.15) is 17.2 Å². The summed E-state index contributed by atoms with van der Waals surface area (Å²) >= 11 is 6.68. The van der Waals surface area contributed by atoms with Crippen LogP contribution >= 0.6 is 31.9 Å². The van der Waals surface area contributed by atoms with Crippen molar-refractivity contribution in [3.05, 3.63) is 98.9 Å². The van der Waals surface area contributed by atoms with E-state index in [2.05, 4.69) is 36.6 Å². The van der Waals surface area contributed by atoms with Crippen molar-refractivity contribution in [1.29, 1.82) is 0 Å². The Bertz CT molecular complexity index is 977. The highest BCUT2D eigenvalue weighted by molar-refractivity contribution is 9.11. The minimum absolute atomic E-state index is 0.209. The van der Waals surface area contributed by atoms with Crippen molar-refractivity contribution in [1.82, 2.24) is 4.72 Å². The maximum absolute atomic E-state index is 13.0. The first-order valence-corrected chi connectivity index (χ1v) is 11.1. The number of hydrogen-bond donors (Lipinski definition) is 1. The lowest BCUT2D eigenvalue weighted by molar-refractivity contribution is 0.554. The van der Waals surface area contributed by atoms with E-state index < -0.39 is 10.0 Å². The first-order valence-electron chi connectivity index (χ1n) is 8.02. The number of halogens is 2. The molecule has 0 bridgehead atoms. The van der Waals surface area contributed by atoms with Gasteiger partial charge in [0.05, 0.1) is 10.9 Å². The Morgan fingerprint density at radius 1 is 0.846 bits per heavy atom. The van der Waals surface area contributed by atoms with E-state index in [0.717, 1.165) is 11.1 Å². The molecule has 0 spiro atoms. The number of sulfonamides is 1. The van der Waals surface area contributed by atoms with E-state index in [-0.39, 0.29) is 10.9 Å². The first kappa shape index (κ1) is 19.3. The van der Waals surface area contributed by atoms with Gasteiger partial charge < -0.3 is 0 Å². The fraction of sp³-hybridized carbons (Fsp3) is 0.100. The third-order valence-corrected chi connectivity index (χ3v) is 6.92. The predicted molar refractivity (Wildman–Crippen MR) is 111 cm³/mol. The van der Waals surface area contributed by atoms with E-state index in [1.165, 1.54) is 0 Å². The highest BCUT2D eigenvalue weighted by Gasteiger charge is 2.24. The molecule has 0 aliphatic heterocycles. The number of rotatable bonds is 6. The van der Waals surface area contributed by atoms with E-state index in [1.54, 1.807) is 18.2 Å². The van der Waals surface area contributed by atoms with Gasteiger partial charge in [-0.3, -0.25) is 0 Å². The monoisotopic (exact) mass is 493 g/mol. The van der Waals surface area contributed by atoms with Crippen LogP contribution in [0.15, 0.2) is 92.7 Å². The molecule has 0 radical (unpaired) electrons. The molecule has 0 aliphatic carbocycles. The van der Waals surface area contributed by atoms with E-state index in [4.69, 9.17) is 0 Å². The molecule has 6 heteroatoms. The summed E-state index contributed by atoms with van der Waals surface area (Å²) in [6, 6.07) is 24.2. The van der Waals surface area contributed by atoms with Crippen molar-refractivity contribution in [2.75, 3.05) is 0 Å². The highest BCUT2D eigenvalue weighted by atomic mass is 79.9. The van der Waals surface area contributed by atoms with Crippen LogP contribution in [-0.4, -0.2) is 8.42 Å². The normalized spacial score (nSPS) is 12.7. The smallest absolute Gasteiger partial charge is 0.207 e. The molecule has 26 heavy (non-hydrogen) atoms. The second kappa shape index (κ2) is 8.48. The lowest BCUT2D eigenvalue weighted by Crippen LogP contribution is -2.30. The Morgan fingerprint density at radius 2 is 1.46 bits per heavy atom. The zero-order valence-corrected chi connectivity index (χ0v) is 17.8. The second-order valence-electron chi connectivity index (χ2n) is 5.85. The lowest BCUT2D eigenvalue weighted by Gasteiger charge is -2.20. The van der Waals surface area contributed by atoms with Gasteiger partial charge >= 0.3 is 0 Å². The lowest BCUT2D eigenvalue weighted by atomic mass is 10.00. The van der Waals surface area contributed by atoms with Gasteiger partial charge in [0.15, 0.2) is 0 Å². The summed E-state index contributed by atoms with van der Waals surface area (Å²) in [6.45, 7) is 0. The molecule has 0 saturated carbocycles. The molecule has 134 valence electrons. The SMILES string of the molecule is O=S(=O)(NC(Cc1ccccc1)c1ccccc1)c1cc(Br)ccc1Br. The van der Waals surface area contributed by atoms with Gasteiger partial charge in [-0.1, -0.05) is 76.6 Å². The van der Waals surface area contributed by atoms with Gasteiger partial charge in [0, 0.05) is 8.95 Å². The zero-order chi connectivity index (χ0) is 18.6. The number of nitrogens with one attached hydrogen (secondary N) is 1. The molecule has 1 N–H and O–H groups in total. The standard InChI is InChI=1S/C20H17Br2NO2S/c21-17-11-12-18(22)20(14-17)26(24,25)23-19(16-9-5-2-6-10-16)13-15-7-3-1-4-8-15/h1-12,14,19,23H,13H2. The van der Waals surface area contributed by atoms with Crippen molar-refractivity contribution < 1.29 is 8.42 Å². The van der Waals surface area contributed by atoms with Crippen LogP contribution in [0.5, 0.6) is 0 Å². The van der Waals surface area contributed by atoms with Gasteiger partial charge in [-0.25, -0.2) is 13.1 Å². The molecular formula is C20H17Br2NO2S. The molecule has 0 aromatic heterocycles. The van der Waals surface area contributed by atoms with Crippen molar-refractivity contribution in [2.24, 2.45) is 0 Å². The topological polar surface area (TPSA) is 46.2 Å². The van der Waals surface area contributed by atoms with Crippen molar-refractivity contribution in [2.45, 2.75) is 17.4 Å². The van der Waals surface area contributed by atoms with E-state index in [1.807, 2.05) is 60.7 Å². The molecule has 0 fully saturated rings. The summed E-state index contributed by atoms with van der Waals surface area (Å²) in [4.78, 5) is 0.209. The van der Waals surface area contributed by atoms with Crippen LogP contribution in [-0.2, 0) is 16.4 Å². The van der Waals surface area contributed by atoms with Gasteiger partial charge in [0.25, 0.3) is 0 Å². The van der Waals surface area contributed by atoms with Crippen LogP contribution in [0.4, 0.5) is 0 Å². The predicted octanol–water partition coefficient (Wildman–Crippen LogP) is 5.47. The molecule has 3 aromatic carbocycles. The van der Waals surface area contributed by atoms with Crippen LogP contribution in [0, 0.1) is 0 Å². The van der Waals surface area contributed by atoms with Crippen LogP contribution in [0.3, 0.4) is 0 Å². The zero-order valence-electron chi connectivity index (χ0n) is 13.8. The van der Waals surface area contributed by atoms with Gasteiger partial charge in [0.2, 0.25) is 10.0 Å². The summed E-state index contributed by atoms with van der Waals surface area (Å²) < 4.78 is 30.1. The molecule has 0 heterocycles. The molecular weight excluding hydrogens is 478 g/mol. The summed E-state index contributed by atoms with van der Waals surface area (Å²) in [6.07, 6.45) is 0.565. The molecule has 1 atom stereocenters. The molecule has 1 unspecified atom stereocenters. The summed E-state index contributed by atoms with van der Waals surface area (Å²) in [5, 5.41) is 0. The van der Waals surface area contributed by atoms with Crippen LogP contribution < -0.4 is 4.72 Å². The molecule has 0 amide bonds. The molecule has 0 aliphatic rings. The Hall–Kier alpha value is -1.47. The molecule has 3 rings (SSSR count). The highest BCUT2D eigenvalue weighted by Crippen LogP contribution is 2.28.